The molecular formula is C21H20F3NO3. The summed E-state index contributed by atoms with van der Waals surface area (Å²) < 4.78 is 51.1. The Balaban J connectivity index is 1.68. The fourth-order valence-electron chi connectivity index (χ4n) is 3.69. The number of rotatable bonds is 1. The number of nitrogens with zero attached hydrogens (tertiary/aromatic N) is 1. The lowest BCUT2D eigenvalue weighted by molar-refractivity contribution is -0.137. The third kappa shape index (κ3) is 3.41. The average Bonchev–Trinajstić information content (AvgIpc) is 2.64. The summed E-state index contributed by atoms with van der Waals surface area (Å²) in [6, 6.07) is 10.7. The number of benzene rings is 2. The Morgan fingerprint density at radius 3 is 2.64 bits per heavy atom. The SMILES string of the molecule is CC1(C)CN(C(=O)C2COc3ccccc3C2)c2cc(C(F)(F)F)ccc2O1. The fraction of sp³-hybridized carbons (Fsp3) is 0.381. The molecule has 0 saturated carbocycles. The van der Waals surface area contributed by atoms with E-state index >= 15 is 0 Å². The molecule has 2 aliphatic rings. The normalized spacial score (nSPS) is 20.5. The molecule has 1 amide bonds. The molecule has 28 heavy (non-hydrogen) atoms. The van der Waals surface area contributed by atoms with E-state index in [-0.39, 0.29) is 30.5 Å². The molecule has 0 aromatic heterocycles. The summed E-state index contributed by atoms with van der Waals surface area (Å²) >= 11 is 0. The molecule has 0 fully saturated rings. The number of amides is 1. The van der Waals surface area contributed by atoms with Gasteiger partial charge in [-0.2, -0.15) is 13.2 Å². The van der Waals surface area contributed by atoms with Crippen LogP contribution in [0.4, 0.5) is 18.9 Å². The number of anilines is 1. The molecule has 0 N–H and O–H groups in total. The van der Waals surface area contributed by atoms with Crippen molar-refractivity contribution in [2.24, 2.45) is 5.92 Å². The predicted molar refractivity (Wildman–Crippen MR) is 97.6 cm³/mol. The largest absolute Gasteiger partial charge is 0.492 e. The molecule has 4 rings (SSSR count). The van der Waals surface area contributed by atoms with E-state index in [1.807, 2.05) is 24.3 Å². The van der Waals surface area contributed by atoms with E-state index < -0.39 is 23.3 Å². The van der Waals surface area contributed by atoms with Crippen LogP contribution in [0.3, 0.4) is 0 Å². The summed E-state index contributed by atoms with van der Waals surface area (Å²) in [6.07, 6.45) is -4.01. The van der Waals surface area contributed by atoms with Gasteiger partial charge in [0.05, 0.1) is 23.7 Å². The van der Waals surface area contributed by atoms with Crippen LogP contribution in [0.1, 0.15) is 25.0 Å². The molecule has 0 bridgehead atoms. The Morgan fingerprint density at radius 1 is 1.14 bits per heavy atom. The second-order valence-corrected chi connectivity index (χ2v) is 7.79. The molecule has 2 heterocycles. The van der Waals surface area contributed by atoms with Crippen molar-refractivity contribution >= 4 is 11.6 Å². The standard InChI is InChI=1S/C21H20F3NO3/c1-20(2)12-25(16-10-15(21(22,23)24)7-8-18(16)28-20)19(26)14-9-13-5-3-4-6-17(13)27-11-14/h3-8,10,14H,9,11-12H2,1-2H3. The van der Waals surface area contributed by atoms with E-state index in [1.165, 1.54) is 11.0 Å². The van der Waals surface area contributed by atoms with Gasteiger partial charge in [-0.25, -0.2) is 0 Å². The van der Waals surface area contributed by atoms with Gasteiger partial charge in [0.15, 0.2) is 0 Å². The predicted octanol–water partition coefficient (Wildman–Crippen LogP) is 4.46. The second kappa shape index (κ2) is 6.43. The molecule has 1 atom stereocenters. The first-order valence-corrected chi connectivity index (χ1v) is 9.06. The zero-order valence-corrected chi connectivity index (χ0v) is 15.5. The lowest BCUT2D eigenvalue weighted by atomic mass is 9.94. The van der Waals surface area contributed by atoms with Crippen molar-refractivity contribution in [3.05, 3.63) is 53.6 Å². The molecule has 0 radical (unpaired) electrons. The highest BCUT2D eigenvalue weighted by Gasteiger charge is 2.40. The van der Waals surface area contributed by atoms with Gasteiger partial charge in [-0.15, -0.1) is 0 Å². The van der Waals surface area contributed by atoms with Gasteiger partial charge >= 0.3 is 6.18 Å². The number of carbonyl (C=O) groups is 1. The van der Waals surface area contributed by atoms with Crippen molar-refractivity contribution in [3.63, 3.8) is 0 Å². The maximum atomic E-state index is 13.3. The molecule has 1 unspecified atom stereocenters. The third-order valence-corrected chi connectivity index (χ3v) is 5.00. The van der Waals surface area contributed by atoms with Gasteiger partial charge in [0.25, 0.3) is 0 Å². The summed E-state index contributed by atoms with van der Waals surface area (Å²) in [4.78, 5) is 14.7. The smallest absolute Gasteiger partial charge is 0.416 e. The number of alkyl halides is 3. The van der Waals surface area contributed by atoms with E-state index in [1.54, 1.807) is 13.8 Å². The Kier molecular flexibility index (Phi) is 4.28. The van der Waals surface area contributed by atoms with Gasteiger partial charge in [0, 0.05) is 0 Å². The minimum Gasteiger partial charge on any atom is -0.492 e. The van der Waals surface area contributed by atoms with E-state index in [0.29, 0.717) is 6.42 Å². The van der Waals surface area contributed by atoms with Gasteiger partial charge in [0.2, 0.25) is 5.91 Å². The third-order valence-electron chi connectivity index (χ3n) is 5.00. The topological polar surface area (TPSA) is 38.8 Å². The summed E-state index contributed by atoms with van der Waals surface area (Å²) in [5.74, 6) is 0.293. The zero-order chi connectivity index (χ0) is 20.1. The fourth-order valence-corrected chi connectivity index (χ4v) is 3.69. The van der Waals surface area contributed by atoms with Crippen LogP contribution in [0.25, 0.3) is 0 Å². The van der Waals surface area contributed by atoms with Crippen LogP contribution in [-0.4, -0.2) is 24.7 Å². The van der Waals surface area contributed by atoms with E-state index in [2.05, 4.69) is 0 Å². The number of ether oxygens (including phenoxy) is 2. The summed E-state index contributed by atoms with van der Waals surface area (Å²) in [5, 5.41) is 0. The molecule has 7 heteroatoms. The Hall–Kier alpha value is -2.70. The molecule has 0 aliphatic carbocycles. The molecule has 2 aromatic rings. The number of carbonyl (C=O) groups excluding carboxylic acids is 1. The maximum absolute atomic E-state index is 13.3. The van der Waals surface area contributed by atoms with Crippen LogP contribution in [0.15, 0.2) is 42.5 Å². The van der Waals surface area contributed by atoms with Crippen LogP contribution in [-0.2, 0) is 17.4 Å². The molecule has 4 nitrogen and oxygen atoms in total. The van der Waals surface area contributed by atoms with Gasteiger partial charge in [0.1, 0.15) is 23.7 Å². The minimum atomic E-state index is -4.50. The van der Waals surface area contributed by atoms with Gasteiger partial charge in [-0.3, -0.25) is 4.79 Å². The highest BCUT2D eigenvalue weighted by molar-refractivity contribution is 5.97. The Morgan fingerprint density at radius 2 is 1.89 bits per heavy atom. The lowest BCUT2D eigenvalue weighted by Gasteiger charge is -2.41. The van der Waals surface area contributed by atoms with Crippen molar-refractivity contribution in [1.29, 1.82) is 0 Å². The number of hydrogen-bond donors (Lipinski definition) is 0. The summed E-state index contributed by atoms with van der Waals surface area (Å²) in [7, 11) is 0. The van der Waals surface area contributed by atoms with Crippen molar-refractivity contribution < 1.29 is 27.4 Å². The van der Waals surface area contributed by atoms with E-state index in [9.17, 15) is 18.0 Å². The first-order chi connectivity index (χ1) is 13.1. The number of para-hydroxylation sites is 1. The highest BCUT2D eigenvalue weighted by Crippen LogP contribution is 2.42. The average molecular weight is 391 g/mol. The van der Waals surface area contributed by atoms with Gasteiger partial charge < -0.3 is 14.4 Å². The van der Waals surface area contributed by atoms with Gasteiger partial charge in [-0.1, -0.05) is 18.2 Å². The zero-order valence-electron chi connectivity index (χ0n) is 15.5. The summed E-state index contributed by atoms with van der Waals surface area (Å²) in [5.41, 5.74) is -0.449. The molecule has 0 saturated heterocycles. The van der Waals surface area contributed by atoms with Crippen LogP contribution in [0.2, 0.25) is 0 Å². The van der Waals surface area contributed by atoms with Crippen molar-refractivity contribution in [2.45, 2.75) is 32.0 Å². The number of fused-ring (bicyclic) bond motifs is 2. The maximum Gasteiger partial charge on any atom is 0.416 e. The highest BCUT2D eigenvalue weighted by atomic mass is 19.4. The van der Waals surface area contributed by atoms with E-state index in [0.717, 1.165) is 23.4 Å². The second-order valence-electron chi connectivity index (χ2n) is 7.79. The lowest BCUT2D eigenvalue weighted by Crippen LogP contribution is -2.52. The van der Waals surface area contributed by atoms with Crippen molar-refractivity contribution in [1.82, 2.24) is 0 Å². The van der Waals surface area contributed by atoms with Crippen LogP contribution >= 0.6 is 0 Å². The number of halogens is 3. The minimum absolute atomic E-state index is 0.151. The van der Waals surface area contributed by atoms with Crippen LogP contribution < -0.4 is 14.4 Å². The van der Waals surface area contributed by atoms with Crippen molar-refractivity contribution in [3.8, 4) is 11.5 Å². The Labute approximate surface area is 160 Å². The summed E-state index contributed by atoms with van der Waals surface area (Å²) in [6.45, 7) is 3.97. The van der Waals surface area contributed by atoms with E-state index in [4.69, 9.17) is 9.47 Å². The van der Waals surface area contributed by atoms with Gasteiger partial charge in [-0.05, 0) is 50.1 Å². The molecule has 2 aliphatic heterocycles. The number of hydrogen-bond acceptors (Lipinski definition) is 3. The molecular weight excluding hydrogens is 371 g/mol. The quantitative estimate of drug-likeness (QED) is 0.721. The molecule has 0 spiro atoms. The van der Waals surface area contributed by atoms with Crippen LogP contribution in [0, 0.1) is 5.92 Å². The first kappa shape index (κ1) is 18.7. The Bertz CT molecular complexity index is 923. The van der Waals surface area contributed by atoms with Crippen molar-refractivity contribution in [2.75, 3.05) is 18.1 Å². The first-order valence-electron chi connectivity index (χ1n) is 9.06. The monoisotopic (exact) mass is 391 g/mol. The molecule has 148 valence electrons. The molecule has 2 aromatic carbocycles. The van der Waals surface area contributed by atoms with Crippen LogP contribution in [0.5, 0.6) is 11.5 Å².